The van der Waals surface area contributed by atoms with Gasteiger partial charge in [0.2, 0.25) is 11.8 Å². The Hall–Kier alpha value is -3.23. The van der Waals surface area contributed by atoms with Crippen LogP contribution in [0.5, 0.6) is 0 Å². The number of hydrogen-bond acceptors (Lipinski definition) is 6. The molecule has 0 aliphatic carbocycles. The fourth-order valence-electron chi connectivity index (χ4n) is 3.27. The van der Waals surface area contributed by atoms with E-state index in [1.54, 1.807) is 0 Å². The Labute approximate surface area is 201 Å². The molecule has 0 saturated heterocycles. The molecule has 3 N–H and O–H groups in total. The van der Waals surface area contributed by atoms with Crippen molar-refractivity contribution < 1.29 is 19.4 Å². The zero-order valence-electron chi connectivity index (χ0n) is 17.3. The molecule has 0 spiro atoms. The molecule has 9 heteroatoms. The molecule has 0 aliphatic rings. The van der Waals surface area contributed by atoms with Gasteiger partial charge >= 0.3 is 5.97 Å². The maximum atomic E-state index is 11.1. The monoisotopic (exact) mass is 485 g/mol. The number of aliphatic hydroxyl groups is 1. The topological polar surface area (TPSA) is 108 Å². The Morgan fingerprint density at radius 1 is 0.939 bits per heavy atom. The van der Waals surface area contributed by atoms with Crippen LogP contribution in [0.4, 0.5) is 0 Å². The van der Waals surface area contributed by atoms with Crippen molar-refractivity contribution in [3.63, 3.8) is 0 Å². The highest BCUT2D eigenvalue weighted by Crippen LogP contribution is 2.36. The first-order valence-electron chi connectivity index (χ1n) is 9.91. The van der Waals surface area contributed by atoms with Gasteiger partial charge in [-0.3, -0.25) is 10.1 Å². The molecule has 7 nitrogen and oxygen atoms in total. The number of aliphatic hydroxyl groups excluding tert-OH is 1. The van der Waals surface area contributed by atoms with E-state index in [2.05, 4.69) is 15.5 Å². The van der Waals surface area contributed by atoms with Gasteiger partial charge in [-0.15, -0.1) is 22.6 Å². The molecule has 0 amide bonds. The van der Waals surface area contributed by atoms with E-state index in [1.165, 1.54) is 0 Å². The molecular formula is C24H21Cl2N3O4. The van der Waals surface area contributed by atoms with Gasteiger partial charge < -0.3 is 14.6 Å². The summed E-state index contributed by atoms with van der Waals surface area (Å²) in [6.07, 6.45) is 0. The summed E-state index contributed by atoms with van der Waals surface area (Å²) in [6.45, 7) is -0.234. The fraction of sp³-hybridized carbons (Fsp3) is 0.125. The standard InChI is InChI=1S/C24H20ClN3O4.ClH/c25-21-18(16-7-2-1-3-8-16)10-5-11-19(21)23-28-27-22(32-23)17-9-4-6-15(12-17)13-26-20(14-29)24(30)31;/h1-12,20,26,29H,13-14H2,(H,30,31);1H. The van der Waals surface area contributed by atoms with Gasteiger partial charge in [0.1, 0.15) is 6.04 Å². The molecule has 1 atom stereocenters. The van der Waals surface area contributed by atoms with Crippen molar-refractivity contribution in [3.8, 4) is 34.0 Å². The van der Waals surface area contributed by atoms with Crippen molar-refractivity contribution in [1.82, 2.24) is 15.5 Å². The third-order valence-corrected chi connectivity index (χ3v) is 5.35. The second-order valence-corrected chi connectivity index (χ2v) is 7.48. The largest absolute Gasteiger partial charge is 0.480 e. The van der Waals surface area contributed by atoms with Gasteiger partial charge in [-0.2, -0.15) is 0 Å². The van der Waals surface area contributed by atoms with Crippen molar-refractivity contribution in [2.75, 3.05) is 6.61 Å². The summed E-state index contributed by atoms with van der Waals surface area (Å²) in [4.78, 5) is 11.1. The molecule has 0 bridgehead atoms. The Kier molecular flexibility index (Phi) is 8.19. The van der Waals surface area contributed by atoms with Crippen molar-refractivity contribution in [1.29, 1.82) is 0 Å². The Balaban J connectivity index is 0.00000306. The molecule has 0 radical (unpaired) electrons. The summed E-state index contributed by atoms with van der Waals surface area (Å²) in [6, 6.07) is 21.7. The fourth-order valence-corrected chi connectivity index (χ4v) is 3.59. The average Bonchev–Trinajstić information content (AvgIpc) is 3.30. The summed E-state index contributed by atoms with van der Waals surface area (Å²) in [5.41, 5.74) is 3.99. The third-order valence-electron chi connectivity index (χ3n) is 4.95. The summed E-state index contributed by atoms with van der Waals surface area (Å²) in [5.74, 6) is -0.489. The second kappa shape index (κ2) is 11.1. The Morgan fingerprint density at radius 2 is 1.61 bits per heavy atom. The van der Waals surface area contributed by atoms with Crippen LogP contribution in [0, 0.1) is 0 Å². The number of carbonyl (C=O) groups is 1. The number of carboxylic acid groups (broad SMARTS) is 1. The molecule has 4 rings (SSSR count). The van der Waals surface area contributed by atoms with Crippen LogP contribution in [0.2, 0.25) is 5.02 Å². The van der Waals surface area contributed by atoms with E-state index in [-0.39, 0.29) is 19.0 Å². The number of benzene rings is 3. The average molecular weight is 486 g/mol. The van der Waals surface area contributed by atoms with Gasteiger partial charge in [-0.05, 0) is 29.3 Å². The first kappa shape index (κ1) is 24.4. The van der Waals surface area contributed by atoms with Gasteiger partial charge in [0.05, 0.1) is 17.2 Å². The van der Waals surface area contributed by atoms with Crippen molar-refractivity contribution in [2.24, 2.45) is 0 Å². The molecule has 1 unspecified atom stereocenters. The zero-order chi connectivity index (χ0) is 22.5. The zero-order valence-corrected chi connectivity index (χ0v) is 18.9. The minimum Gasteiger partial charge on any atom is -0.480 e. The van der Waals surface area contributed by atoms with E-state index in [4.69, 9.17) is 26.2 Å². The van der Waals surface area contributed by atoms with Gasteiger partial charge in [0.15, 0.2) is 0 Å². The number of nitrogens with zero attached hydrogens (tertiary/aromatic N) is 2. The second-order valence-electron chi connectivity index (χ2n) is 7.10. The summed E-state index contributed by atoms with van der Waals surface area (Å²) in [7, 11) is 0. The molecule has 0 saturated carbocycles. The number of aromatic nitrogens is 2. The molecule has 33 heavy (non-hydrogen) atoms. The van der Waals surface area contributed by atoms with Crippen molar-refractivity contribution in [2.45, 2.75) is 12.6 Å². The van der Waals surface area contributed by atoms with Crippen LogP contribution in [0.25, 0.3) is 34.0 Å². The highest BCUT2D eigenvalue weighted by molar-refractivity contribution is 6.35. The van der Waals surface area contributed by atoms with E-state index < -0.39 is 18.6 Å². The minimum absolute atomic E-state index is 0. The van der Waals surface area contributed by atoms with Gasteiger partial charge in [0.25, 0.3) is 0 Å². The highest BCUT2D eigenvalue weighted by Gasteiger charge is 2.17. The molecule has 0 fully saturated rings. The predicted octanol–water partition coefficient (Wildman–Crippen LogP) is 4.68. The molecule has 4 aromatic rings. The smallest absolute Gasteiger partial charge is 0.323 e. The lowest BCUT2D eigenvalue weighted by Crippen LogP contribution is -2.39. The summed E-state index contributed by atoms with van der Waals surface area (Å²) >= 11 is 6.66. The van der Waals surface area contributed by atoms with E-state index >= 15 is 0 Å². The summed E-state index contributed by atoms with van der Waals surface area (Å²) in [5, 5.41) is 29.8. The lowest BCUT2D eigenvalue weighted by Gasteiger charge is -2.11. The van der Waals surface area contributed by atoms with E-state index in [1.807, 2.05) is 72.8 Å². The van der Waals surface area contributed by atoms with Crippen molar-refractivity contribution >= 4 is 30.0 Å². The van der Waals surface area contributed by atoms with Crippen LogP contribution in [-0.2, 0) is 11.3 Å². The minimum atomic E-state index is -1.11. The van der Waals surface area contributed by atoms with Crippen molar-refractivity contribution in [3.05, 3.63) is 83.4 Å². The van der Waals surface area contributed by atoms with Crippen LogP contribution >= 0.6 is 24.0 Å². The number of hydrogen-bond donors (Lipinski definition) is 3. The number of halogens is 2. The molecule has 170 valence electrons. The summed E-state index contributed by atoms with van der Waals surface area (Å²) < 4.78 is 5.91. The van der Waals surface area contributed by atoms with E-state index in [0.717, 1.165) is 16.7 Å². The first-order chi connectivity index (χ1) is 15.6. The third kappa shape index (κ3) is 5.58. The molecule has 3 aromatic carbocycles. The Bertz CT molecular complexity index is 1230. The van der Waals surface area contributed by atoms with Gasteiger partial charge in [0, 0.05) is 17.7 Å². The Morgan fingerprint density at radius 3 is 2.33 bits per heavy atom. The normalized spacial score (nSPS) is 11.6. The predicted molar refractivity (Wildman–Crippen MR) is 128 cm³/mol. The molecular weight excluding hydrogens is 465 g/mol. The van der Waals surface area contributed by atoms with E-state index in [9.17, 15) is 4.79 Å². The SMILES string of the molecule is Cl.O=C(O)C(CO)NCc1cccc(-c2nnc(-c3cccc(-c4ccccc4)c3Cl)o2)c1. The number of carboxylic acids is 1. The number of rotatable bonds is 8. The van der Waals surface area contributed by atoms with Crippen LogP contribution < -0.4 is 5.32 Å². The van der Waals surface area contributed by atoms with E-state index in [0.29, 0.717) is 27.9 Å². The lowest BCUT2D eigenvalue weighted by atomic mass is 10.0. The molecule has 1 heterocycles. The quantitative estimate of drug-likeness (QED) is 0.332. The number of aliphatic carboxylic acids is 1. The van der Waals surface area contributed by atoms with Crippen LogP contribution in [0.3, 0.4) is 0 Å². The maximum Gasteiger partial charge on any atom is 0.323 e. The first-order valence-corrected chi connectivity index (χ1v) is 10.3. The van der Waals surface area contributed by atoms with Crippen LogP contribution in [0.1, 0.15) is 5.56 Å². The highest BCUT2D eigenvalue weighted by atomic mass is 35.5. The van der Waals surface area contributed by atoms with Gasteiger partial charge in [-0.25, -0.2) is 0 Å². The number of nitrogens with one attached hydrogen (secondary N) is 1. The van der Waals surface area contributed by atoms with Gasteiger partial charge in [-0.1, -0.05) is 66.2 Å². The van der Waals surface area contributed by atoms with Crippen LogP contribution in [0.15, 0.2) is 77.2 Å². The maximum absolute atomic E-state index is 11.1. The molecule has 1 aromatic heterocycles. The molecule has 0 aliphatic heterocycles. The lowest BCUT2D eigenvalue weighted by molar-refractivity contribution is -0.140. The van der Waals surface area contributed by atoms with Crippen LogP contribution in [-0.4, -0.2) is 39.0 Å².